The van der Waals surface area contributed by atoms with E-state index in [0.29, 0.717) is 12.5 Å². The van der Waals surface area contributed by atoms with E-state index in [2.05, 4.69) is 49.8 Å². The van der Waals surface area contributed by atoms with Crippen molar-refractivity contribution in [3.63, 3.8) is 0 Å². The molecule has 2 N–H and O–H groups in total. The summed E-state index contributed by atoms with van der Waals surface area (Å²) >= 11 is 0. The van der Waals surface area contributed by atoms with Crippen LogP contribution in [0.2, 0.25) is 0 Å². The highest BCUT2D eigenvalue weighted by Gasteiger charge is 2.19. The van der Waals surface area contributed by atoms with Crippen LogP contribution in [-0.2, 0) is 17.6 Å². The van der Waals surface area contributed by atoms with Crippen LogP contribution in [0.1, 0.15) is 30.5 Å². The van der Waals surface area contributed by atoms with Crippen LogP contribution < -0.4 is 15.5 Å². The van der Waals surface area contributed by atoms with E-state index in [1.54, 1.807) is 12.4 Å². The van der Waals surface area contributed by atoms with Crippen molar-refractivity contribution in [2.75, 3.05) is 29.9 Å². The van der Waals surface area contributed by atoms with Crippen LogP contribution in [0.25, 0.3) is 0 Å². The summed E-state index contributed by atoms with van der Waals surface area (Å²) in [6.07, 6.45) is 9.69. The Hall–Kier alpha value is -3.25. The third-order valence-electron chi connectivity index (χ3n) is 5.93. The molecule has 32 heavy (non-hydrogen) atoms. The molecule has 1 amide bonds. The molecule has 0 aliphatic carbocycles. The summed E-state index contributed by atoms with van der Waals surface area (Å²) < 4.78 is 0. The third-order valence-corrected chi connectivity index (χ3v) is 5.93. The Bertz CT molecular complexity index is 955. The molecular weight excluding hydrogens is 398 g/mol. The molecule has 0 bridgehead atoms. The minimum Gasteiger partial charge on any atom is -0.371 e. The number of hydrogen-bond acceptors (Lipinski definition) is 5. The van der Waals surface area contributed by atoms with Gasteiger partial charge in [-0.25, -0.2) is 0 Å². The lowest BCUT2D eigenvalue weighted by atomic mass is 10.0. The van der Waals surface area contributed by atoms with Crippen LogP contribution in [0.15, 0.2) is 73.2 Å². The highest BCUT2D eigenvalue weighted by Crippen LogP contribution is 2.22. The predicted molar refractivity (Wildman–Crippen MR) is 129 cm³/mol. The van der Waals surface area contributed by atoms with Gasteiger partial charge in [0.25, 0.3) is 0 Å². The zero-order valence-electron chi connectivity index (χ0n) is 18.4. The minimum atomic E-state index is 0.0509. The van der Waals surface area contributed by atoms with Crippen molar-refractivity contribution < 1.29 is 4.79 Å². The van der Waals surface area contributed by atoms with Gasteiger partial charge in [0.05, 0.1) is 5.69 Å². The normalized spacial score (nSPS) is 14.3. The van der Waals surface area contributed by atoms with Crippen molar-refractivity contribution in [3.8, 4) is 0 Å². The molecule has 2 aromatic carbocycles. The Morgan fingerprint density at radius 1 is 0.969 bits per heavy atom. The molecule has 0 atom stereocenters. The van der Waals surface area contributed by atoms with Crippen molar-refractivity contribution in [1.29, 1.82) is 0 Å². The zero-order valence-corrected chi connectivity index (χ0v) is 18.4. The maximum Gasteiger partial charge on any atom is 0.224 e. The van der Waals surface area contributed by atoms with Crippen LogP contribution >= 0.6 is 0 Å². The van der Waals surface area contributed by atoms with Gasteiger partial charge in [0.2, 0.25) is 5.91 Å². The highest BCUT2D eigenvalue weighted by molar-refractivity contribution is 5.91. The molecule has 1 aliphatic rings. The summed E-state index contributed by atoms with van der Waals surface area (Å²) in [5.41, 5.74) is 4.28. The molecule has 1 saturated heterocycles. The number of carbonyl (C=O) groups excluding carboxylic acids is 1. The van der Waals surface area contributed by atoms with Gasteiger partial charge in [0.1, 0.15) is 0 Å². The molecule has 1 fully saturated rings. The van der Waals surface area contributed by atoms with Crippen LogP contribution in [0.5, 0.6) is 0 Å². The molecule has 4 rings (SSSR count). The van der Waals surface area contributed by atoms with Crippen LogP contribution in [0, 0.1) is 0 Å². The Morgan fingerprint density at radius 2 is 1.75 bits per heavy atom. The number of rotatable bonds is 9. The van der Waals surface area contributed by atoms with Crippen molar-refractivity contribution in [2.24, 2.45) is 0 Å². The lowest BCUT2D eigenvalue weighted by Crippen LogP contribution is -2.43. The lowest BCUT2D eigenvalue weighted by Gasteiger charge is -2.34. The summed E-state index contributed by atoms with van der Waals surface area (Å²) in [7, 11) is 0. The smallest absolute Gasteiger partial charge is 0.224 e. The van der Waals surface area contributed by atoms with Gasteiger partial charge in [-0.05, 0) is 49.1 Å². The molecule has 6 nitrogen and oxygen atoms in total. The van der Waals surface area contributed by atoms with E-state index in [9.17, 15) is 4.79 Å². The molecule has 1 aliphatic heterocycles. The van der Waals surface area contributed by atoms with E-state index in [4.69, 9.17) is 0 Å². The first-order chi connectivity index (χ1) is 15.8. The second kappa shape index (κ2) is 11.4. The molecule has 0 saturated carbocycles. The topological polar surface area (TPSA) is 70.2 Å². The number of benzene rings is 2. The fraction of sp³-hybridized carbons (Fsp3) is 0.346. The second-order valence-electron chi connectivity index (χ2n) is 8.24. The first-order valence-corrected chi connectivity index (χ1v) is 11.4. The quantitative estimate of drug-likeness (QED) is 0.541. The molecule has 166 valence electrons. The molecule has 1 aromatic heterocycles. The largest absolute Gasteiger partial charge is 0.371 e. The van der Waals surface area contributed by atoms with Crippen molar-refractivity contribution in [2.45, 2.75) is 38.1 Å². The van der Waals surface area contributed by atoms with E-state index < -0.39 is 0 Å². The Balaban J connectivity index is 1.17. The van der Waals surface area contributed by atoms with Crippen LogP contribution in [-0.4, -0.2) is 41.6 Å². The SMILES string of the molecule is O=C(CCc1ccccc1)Nc1ccc(N2CCC(NCCc3cnccn3)CC2)cc1. The van der Waals surface area contributed by atoms with Gasteiger partial charge in [0, 0.05) is 68.5 Å². The van der Waals surface area contributed by atoms with Crippen molar-refractivity contribution in [1.82, 2.24) is 15.3 Å². The lowest BCUT2D eigenvalue weighted by molar-refractivity contribution is -0.116. The van der Waals surface area contributed by atoms with Gasteiger partial charge in [-0.15, -0.1) is 0 Å². The first-order valence-electron chi connectivity index (χ1n) is 11.4. The predicted octanol–water partition coefficient (Wildman–Crippen LogP) is 3.85. The molecule has 0 spiro atoms. The molecule has 6 heteroatoms. The number of amides is 1. The average Bonchev–Trinajstić information content (AvgIpc) is 2.85. The summed E-state index contributed by atoms with van der Waals surface area (Å²) in [4.78, 5) is 23.1. The number of aromatic nitrogens is 2. The van der Waals surface area contributed by atoms with Crippen molar-refractivity contribution >= 4 is 17.3 Å². The first kappa shape index (κ1) is 22.0. The maximum atomic E-state index is 12.2. The Labute approximate surface area is 190 Å². The van der Waals surface area contributed by atoms with Crippen LogP contribution in [0.3, 0.4) is 0 Å². The molecular formula is C26H31N5O. The Morgan fingerprint density at radius 3 is 2.47 bits per heavy atom. The number of anilines is 2. The summed E-state index contributed by atoms with van der Waals surface area (Å²) in [6.45, 7) is 3.00. The van der Waals surface area contributed by atoms with Crippen molar-refractivity contribution in [3.05, 3.63) is 84.4 Å². The third kappa shape index (κ3) is 6.62. The van der Waals surface area contributed by atoms with E-state index in [0.717, 1.165) is 56.7 Å². The van der Waals surface area contributed by atoms with E-state index >= 15 is 0 Å². The van der Waals surface area contributed by atoms with Crippen LogP contribution in [0.4, 0.5) is 11.4 Å². The number of hydrogen-bond donors (Lipinski definition) is 2. The fourth-order valence-corrected chi connectivity index (χ4v) is 4.09. The number of aryl methyl sites for hydroxylation is 1. The van der Waals surface area contributed by atoms with Gasteiger partial charge in [-0.2, -0.15) is 0 Å². The highest BCUT2D eigenvalue weighted by atomic mass is 16.1. The second-order valence-corrected chi connectivity index (χ2v) is 8.24. The van der Waals surface area contributed by atoms with Gasteiger partial charge >= 0.3 is 0 Å². The molecule has 2 heterocycles. The number of nitrogens with one attached hydrogen (secondary N) is 2. The van der Waals surface area contributed by atoms with E-state index in [-0.39, 0.29) is 5.91 Å². The molecule has 3 aromatic rings. The maximum absolute atomic E-state index is 12.2. The zero-order chi connectivity index (χ0) is 22.0. The molecule has 0 unspecified atom stereocenters. The summed E-state index contributed by atoms with van der Waals surface area (Å²) in [6, 6.07) is 18.9. The van der Waals surface area contributed by atoms with Gasteiger partial charge in [-0.1, -0.05) is 30.3 Å². The Kier molecular flexibility index (Phi) is 7.82. The fourth-order valence-electron chi connectivity index (χ4n) is 4.09. The number of nitrogens with zero attached hydrogens (tertiary/aromatic N) is 3. The average molecular weight is 430 g/mol. The summed E-state index contributed by atoms with van der Waals surface area (Å²) in [5.74, 6) is 0.0509. The standard InChI is InChI=1S/C26H31N5O/c32-26(11-6-21-4-2-1-3-5-21)30-23-7-9-25(10-8-23)31-18-13-22(14-19-31)28-15-12-24-20-27-16-17-29-24/h1-5,7-10,16-17,20,22,28H,6,11-15,18-19H2,(H,30,32). The minimum absolute atomic E-state index is 0.0509. The number of piperidine rings is 1. The van der Waals surface area contributed by atoms with Gasteiger partial charge in [-0.3, -0.25) is 14.8 Å². The van der Waals surface area contributed by atoms with E-state index in [1.807, 2.05) is 36.5 Å². The monoisotopic (exact) mass is 429 g/mol. The van der Waals surface area contributed by atoms with Gasteiger partial charge < -0.3 is 15.5 Å². The summed E-state index contributed by atoms with van der Waals surface area (Å²) in [5, 5.41) is 6.66. The van der Waals surface area contributed by atoms with E-state index in [1.165, 1.54) is 11.3 Å². The molecule has 0 radical (unpaired) electrons. The number of carbonyl (C=O) groups is 1. The van der Waals surface area contributed by atoms with Gasteiger partial charge in [0.15, 0.2) is 0 Å².